The summed E-state index contributed by atoms with van der Waals surface area (Å²) in [5.41, 5.74) is 6.51. The van der Waals surface area contributed by atoms with Crippen molar-refractivity contribution in [1.29, 1.82) is 0 Å². The molecular formula is C8H9N5S. The van der Waals surface area contributed by atoms with E-state index >= 15 is 0 Å². The van der Waals surface area contributed by atoms with E-state index in [2.05, 4.69) is 18.9 Å². The molecule has 0 bridgehead atoms. The molecule has 5 nitrogen and oxygen atoms in total. The maximum atomic E-state index is 5.54. The van der Waals surface area contributed by atoms with E-state index in [1.165, 1.54) is 24.4 Å². The Balaban J connectivity index is 2.06. The maximum Gasteiger partial charge on any atom is 0.200 e. The van der Waals surface area contributed by atoms with Gasteiger partial charge in [-0.15, -0.1) is 0 Å². The summed E-state index contributed by atoms with van der Waals surface area (Å²) in [4.78, 5) is 8.26. The molecule has 2 N–H and O–H groups in total. The van der Waals surface area contributed by atoms with Gasteiger partial charge in [0.25, 0.3) is 0 Å². The second kappa shape index (κ2) is 2.78. The standard InChI is InChI=1S/C8H9N5S/c9-8-11-7(12-14-8)6-3-10-4-13(6)5-1-2-5/h3-5H,1-2H2,(H2,9,11,12). The fraction of sp³-hybridized carbons (Fsp3) is 0.375. The highest BCUT2D eigenvalue weighted by Gasteiger charge is 2.26. The molecule has 14 heavy (non-hydrogen) atoms. The molecular weight excluding hydrogens is 198 g/mol. The molecule has 1 aliphatic carbocycles. The van der Waals surface area contributed by atoms with Gasteiger partial charge in [0.15, 0.2) is 11.0 Å². The van der Waals surface area contributed by atoms with Crippen LogP contribution in [0.5, 0.6) is 0 Å². The molecule has 0 unspecified atom stereocenters. The van der Waals surface area contributed by atoms with E-state index in [-0.39, 0.29) is 0 Å². The smallest absolute Gasteiger partial charge is 0.200 e. The van der Waals surface area contributed by atoms with E-state index in [0.717, 1.165) is 5.69 Å². The monoisotopic (exact) mass is 207 g/mol. The van der Waals surface area contributed by atoms with Gasteiger partial charge < -0.3 is 10.3 Å². The Morgan fingerprint density at radius 2 is 2.36 bits per heavy atom. The van der Waals surface area contributed by atoms with Gasteiger partial charge in [0.05, 0.1) is 12.5 Å². The van der Waals surface area contributed by atoms with Crippen LogP contribution >= 0.6 is 11.5 Å². The Bertz CT molecular complexity index is 456. The van der Waals surface area contributed by atoms with Crippen molar-refractivity contribution in [2.75, 3.05) is 5.73 Å². The van der Waals surface area contributed by atoms with Gasteiger partial charge in [-0.3, -0.25) is 0 Å². The average molecular weight is 207 g/mol. The molecule has 2 aromatic rings. The number of nitrogens with zero attached hydrogens (tertiary/aromatic N) is 4. The third kappa shape index (κ3) is 1.19. The first-order valence-electron chi connectivity index (χ1n) is 4.46. The molecule has 0 aromatic carbocycles. The summed E-state index contributed by atoms with van der Waals surface area (Å²) < 4.78 is 6.30. The Morgan fingerprint density at radius 1 is 1.50 bits per heavy atom. The molecule has 3 rings (SSSR count). The number of anilines is 1. The topological polar surface area (TPSA) is 69.6 Å². The lowest BCUT2D eigenvalue weighted by Crippen LogP contribution is -1.95. The van der Waals surface area contributed by atoms with Gasteiger partial charge in [-0.2, -0.15) is 9.36 Å². The first kappa shape index (κ1) is 7.93. The Morgan fingerprint density at radius 3 is 3.00 bits per heavy atom. The van der Waals surface area contributed by atoms with Gasteiger partial charge in [0.2, 0.25) is 0 Å². The van der Waals surface area contributed by atoms with Gasteiger partial charge in [-0.25, -0.2) is 4.98 Å². The predicted molar refractivity (Wildman–Crippen MR) is 53.8 cm³/mol. The summed E-state index contributed by atoms with van der Waals surface area (Å²) in [6, 6.07) is 0.595. The number of rotatable bonds is 2. The van der Waals surface area contributed by atoms with Crippen LogP contribution in [0.1, 0.15) is 18.9 Å². The number of nitrogens with two attached hydrogens (primary N) is 1. The molecule has 72 valence electrons. The molecule has 2 aromatic heterocycles. The van der Waals surface area contributed by atoms with Crippen molar-refractivity contribution < 1.29 is 0 Å². The molecule has 0 saturated heterocycles. The summed E-state index contributed by atoms with van der Waals surface area (Å²) in [5.74, 6) is 0.692. The normalized spacial score (nSPS) is 16.0. The summed E-state index contributed by atoms with van der Waals surface area (Å²) in [7, 11) is 0. The highest BCUT2D eigenvalue weighted by Crippen LogP contribution is 2.37. The summed E-state index contributed by atoms with van der Waals surface area (Å²) in [6.07, 6.45) is 6.08. The molecule has 0 atom stereocenters. The number of nitrogen functional groups attached to an aromatic ring is 1. The lowest BCUT2D eigenvalue weighted by Gasteiger charge is -2.01. The third-order valence-electron chi connectivity index (χ3n) is 2.28. The molecule has 0 amide bonds. The van der Waals surface area contributed by atoms with Crippen LogP contribution in [0.15, 0.2) is 12.5 Å². The van der Waals surface area contributed by atoms with Crippen LogP contribution in [0.3, 0.4) is 0 Å². The van der Waals surface area contributed by atoms with Crippen molar-refractivity contribution >= 4 is 16.7 Å². The van der Waals surface area contributed by atoms with Crippen molar-refractivity contribution in [2.24, 2.45) is 0 Å². The fourth-order valence-electron chi connectivity index (χ4n) is 1.46. The van der Waals surface area contributed by atoms with E-state index in [4.69, 9.17) is 5.73 Å². The minimum Gasteiger partial charge on any atom is -0.374 e. The summed E-state index contributed by atoms with van der Waals surface area (Å²) in [5, 5.41) is 0.503. The summed E-state index contributed by atoms with van der Waals surface area (Å²) in [6.45, 7) is 0. The van der Waals surface area contributed by atoms with Crippen LogP contribution in [-0.2, 0) is 0 Å². The van der Waals surface area contributed by atoms with Crippen LogP contribution < -0.4 is 5.73 Å². The summed E-state index contributed by atoms with van der Waals surface area (Å²) >= 11 is 1.22. The number of hydrogen-bond acceptors (Lipinski definition) is 5. The number of imidazole rings is 1. The lowest BCUT2D eigenvalue weighted by molar-refractivity contribution is 0.744. The molecule has 0 radical (unpaired) electrons. The van der Waals surface area contributed by atoms with Crippen molar-refractivity contribution in [2.45, 2.75) is 18.9 Å². The van der Waals surface area contributed by atoms with Crippen molar-refractivity contribution in [1.82, 2.24) is 18.9 Å². The minimum absolute atomic E-state index is 0.503. The lowest BCUT2D eigenvalue weighted by atomic mass is 10.4. The molecule has 2 heterocycles. The molecule has 0 spiro atoms. The van der Waals surface area contributed by atoms with Gasteiger partial charge >= 0.3 is 0 Å². The van der Waals surface area contributed by atoms with Gasteiger partial charge in [0, 0.05) is 17.6 Å². The van der Waals surface area contributed by atoms with Gasteiger partial charge in [0.1, 0.15) is 5.69 Å². The largest absolute Gasteiger partial charge is 0.374 e. The first-order valence-corrected chi connectivity index (χ1v) is 5.23. The Kier molecular flexibility index (Phi) is 1.57. The van der Waals surface area contributed by atoms with E-state index in [1.54, 1.807) is 6.20 Å². The second-order valence-electron chi connectivity index (χ2n) is 3.37. The van der Waals surface area contributed by atoms with Crippen LogP contribution in [0.2, 0.25) is 0 Å². The SMILES string of the molecule is Nc1nc(-c2cncn2C2CC2)ns1. The zero-order valence-electron chi connectivity index (χ0n) is 7.42. The quantitative estimate of drug-likeness (QED) is 0.806. The van der Waals surface area contributed by atoms with Gasteiger partial charge in [-0.05, 0) is 12.8 Å². The minimum atomic E-state index is 0.503. The molecule has 0 aliphatic heterocycles. The number of aromatic nitrogens is 4. The Labute approximate surface area is 84.8 Å². The van der Waals surface area contributed by atoms with Crippen LogP contribution in [0.4, 0.5) is 5.13 Å². The Hall–Kier alpha value is -1.43. The molecule has 6 heteroatoms. The van der Waals surface area contributed by atoms with E-state index < -0.39 is 0 Å². The van der Waals surface area contributed by atoms with Crippen LogP contribution in [-0.4, -0.2) is 18.9 Å². The predicted octanol–water partition coefficient (Wildman–Crippen LogP) is 1.32. The third-order valence-corrected chi connectivity index (χ3v) is 2.82. The molecule has 1 aliphatic rings. The van der Waals surface area contributed by atoms with Crippen LogP contribution in [0.25, 0.3) is 11.5 Å². The van der Waals surface area contributed by atoms with Gasteiger partial charge in [-0.1, -0.05) is 0 Å². The van der Waals surface area contributed by atoms with Crippen molar-refractivity contribution in [3.05, 3.63) is 12.5 Å². The average Bonchev–Trinajstić information content (AvgIpc) is 2.75. The first-order chi connectivity index (χ1) is 6.84. The van der Waals surface area contributed by atoms with Crippen LogP contribution in [0, 0.1) is 0 Å². The van der Waals surface area contributed by atoms with Crippen molar-refractivity contribution in [3.63, 3.8) is 0 Å². The van der Waals surface area contributed by atoms with E-state index in [0.29, 0.717) is 17.0 Å². The van der Waals surface area contributed by atoms with E-state index in [9.17, 15) is 0 Å². The highest BCUT2D eigenvalue weighted by atomic mass is 32.1. The molecule has 1 saturated carbocycles. The second-order valence-corrected chi connectivity index (χ2v) is 4.16. The maximum absolute atomic E-state index is 5.54. The highest BCUT2D eigenvalue weighted by molar-refractivity contribution is 7.09. The zero-order chi connectivity index (χ0) is 9.54. The number of hydrogen-bond donors (Lipinski definition) is 1. The van der Waals surface area contributed by atoms with Crippen molar-refractivity contribution in [3.8, 4) is 11.5 Å². The zero-order valence-corrected chi connectivity index (χ0v) is 8.24. The molecule has 1 fully saturated rings. The van der Waals surface area contributed by atoms with E-state index in [1.807, 2.05) is 6.33 Å². The fourth-order valence-corrected chi connectivity index (χ4v) is 1.90.